The third kappa shape index (κ3) is 3.65. The van der Waals surface area contributed by atoms with Crippen LogP contribution in [0.15, 0.2) is 47.2 Å². The maximum Gasteiger partial charge on any atom is 0.256 e. The Hall–Kier alpha value is -1.72. The molecule has 0 spiro atoms. The number of aromatic nitrogens is 1. The summed E-state index contributed by atoms with van der Waals surface area (Å²) in [5.74, 6) is -0.120. The summed E-state index contributed by atoms with van der Waals surface area (Å²) in [7, 11) is 1.90. The van der Waals surface area contributed by atoms with Crippen LogP contribution in [0.5, 0.6) is 0 Å². The summed E-state index contributed by atoms with van der Waals surface area (Å²) in [6.07, 6.45) is 2.48. The fourth-order valence-corrected chi connectivity index (χ4v) is 2.24. The van der Waals surface area contributed by atoms with E-state index in [1.165, 1.54) is 0 Å². The molecule has 2 rings (SSSR count). The first-order valence-corrected chi connectivity index (χ1v) is 7.16. The molecular weight excluding hydrogens is 318 g/mol. The Bertz CT molecular complexity index is 601. The summed E-state index contributed by atoms with van der Waals surface area (Å²) in [5.41, 5.74) is 2.39. The van der Waals surface area contributed by atoms with Gasteiger partial charge in [0, 0.05) is 11.8 Å². The number of rotatable bonds is 5. The largest absolute Gasteiger partial charge is 0.320 e. The SMILES string of the molecule is CNCCc1ccccc1C(=O)Nc1cccnc1Br. The Labute approximate surface area is 126 Å². The molecule has 0 unspecified atom stereocenters. The van der Waals surface area contributed by atoms with E-state index in [1.807, 2.05) is 37.4 Å². The van der Waals surface area contributed by atoms with Crippen molar-refractivity contribution >= 4 is 27.5 Å². The Kier molecular flexibility index (Phi) is 5.26. The number of likely N-dealkylation sites (N-methyl/N-ethyl adjacent to an activating group) is 1. The predicted molar refractivity (Wildman–Crippen MR) is 84.0 cm³/mol. The number of pyridine rings is 1. The van der Waals surface area contributed by atoms with E-state index in [4.69, 9.17) is 0 Å². The van der Waals surface area contributed by atoms with Crippen LogP contribution in [-0.4, -0.2) is 24.5 Å². The molecule has 0 saturated carbocycles. The summed E-state index contributed by atoms with van der Waals surface area (Å²) in [5, 5.41) is 5.97. The van der Waals surface area contributed by atoms with Crippen molar-refractivity contribution in [3.05, 3.63) is 58.3 Å². The molecule has 20 heavy (non-hydrogen) atoms. The van der Waals surface area contributed by atoms with Gasteiger partial charge in [0.2, 0.25) is 0 Å². The zero-order chi connectivity index (χ0) is 14.4. The second-order valence-corrected chi connectivity index (χ2v) is 5.06. The van der Waals surface area contributed by atoms with Crippen LogP contribution in [0.3, 0.4) is 0 Å². The highest BCUT2D eigenvalue weighted by atomic mass is 79.9. The fraction of sp³-hybridized carbons (Fsp3) is 0.200. The molecule has 104 valence electrons. The minimum atomic E-state index is -0.120. The van der Waals surface area contributed by atoms with Crippen molar-refractivity contribution in [3.63, 3.8) is 0 Å². The number of halogens is 1. The number of nitrogens with one attached hydrogen (secondary N) is 2. The zero-order valence-corrected chi connectivity index (χ0v) is 12.8. The molecule has 0 radical (unpaired) electrons. The van der Waals surface area contributed by atoms with Crippen LogP contribution in [0.4, 0.5) is 5.69 Å². The first kappa shape index (κ1) is 14.7. The highest BCUT2D eigenvalue weighted by Crippen LogP contribution is 2.20. The third-order valence-electron chi connectivity index (χ3n) is 2.91. The van der Waals surface area contributed by atoms with Gasteiger partial charge in [0.15, 0.2) is 0 Å². The Morgan fingerprint density at radius 3 is 2.80 bits per heavy atom. The van der Waals surface area contributed by atoms with Crippen LogP contribution in [0.25, 0.3) is 0 Å². The van der Waals surface area contributed by atoms with Gasteiger partial charge in [0.25, 0.3) is 5.91 Å². The van der Waals surface area contributed by atoms with E-state index >= 15 is 0 Å². The standard InChI is InChI=1S/C15H16BrN3O/c1-17-10-8-11-5-2-3-6-12(11)15(20)19-13-7-4-9-18-14(13)16/h2-7,9,17H,8,10H2,1H3,(H,19,20). The van der Waals surface area contributed by atoms with Crippen LogP contribution < -0.4 is 10.6 Å². The molecule has 5 heteroatoms. The second-order valence-electron chi connectivity index (χ2n) is 4.31. The van der Waals surface area contributed by atoms with Crippen molar-refractivity contribution < 1.29 is 4.79 Å². The molecule has 1 amide bonds. The van der Waals surface area contributed by atoms with Gasteiger partial charge in [-0.2, -0.15) is 0 Å². The minimum absolute atomic E-state index is 0.120. The van der Waals surface area contributed by atoms with Gasteiger partial charge in [0.1, 0.15) is 4.60 Å². The maximum absolute atomic E-state index is 12.4. The summed E-state index contributed by atoms with van der Waals surface area (Å²) in [6, 6.07) is 11.2. The molecule has 0 aliphatic carbocycles. The topological polar surface area (TPSA) is 54.0 Å². The average Bonchev–Trinajstić information content (AvgIpc) is 2.47. The lowest BCUT2D eigenvalue weighted by Gasteiger charge is -2.10. The van der Waals surface area contributed by atoms with Gasteiger partial charge in [0.05, 0.1) is 5.69 Å². The highest BCUT2D eigenvalue weighted by Gasteiger charge is 2.12. The lowest BCUT2D eigenvalue weighted by Crippen LogP contribution is -2.17. The van der Waals surface area contributed by atoms with E-state index in [9.17, 15) is 4.79 Å². The molecule has 2 aromatic rings. The quantitative estimate of drug-likeness (QED) is 0.827. The Morgan fingerprint density at radius 1 is 1.25 bits per heavy atom. The number of hydrogen-bond donors (Lipinski definition) is 2. The number of nitrogens with zero attached hydrogens (tertiary/aromatic N) is 1. The molecule has 1 aromatic heterocycles. The van der Waals surface area contributed by atoms with Gasteiger partial charge in [-0.1, -0.05) is 18.2 Å². The predicted octanol–water partition coefficient (Wildman–Crippen LogP) is 2.86. The molecular formula is C15H16BrN3O. The summed E-state index contributed by atoms with van der Waals surface area (Å²) >= 11 is 3.32. The van der Waals surface area contributed by atoms with Crippen LogP contribution in [0.2, 0.25) is 0 Å². The van der Waals surface area contributed by atoms with E-state index in [-0.39, 0.29) is 5.91 Å². The van der Waals surface area contributed by atoms with Crippen molar-refractivity contribution in [3.8, 4) is 0 Å². The van der Waals surface area contributed by atoms with Crippen molar-refractivity contribution in [1.82, 2.24) is 10.3 Å². The van der Waals surface area contributed by atoms with Crippen LogP contribution in [0, 0.1) is 0 Å². The highest BCUT2D eigenvalue weighted by molar-refractivity contribution is 9.10. The molecule has 4 nitrogen and oxygen atoms in total. The number of amides is 1. The number of anilines is 1. The lowest BCUT2D eigenvalue weighted by atomic mass is 10.0. The van der Waals surface area contributed by atoms with Gasteiger partial charge >= 0.3 is 0 Å². The summed E-state index contributed by atoms with van der Waals surface area (Å²) < 4.78 is 0.626. The molecule has 0 aliphatic heterocycles. The fourth-order valence-electron chi connectivity index (χ4n) is 1.89. The Balaban J connectivity index is 2.19. The summed E-state index contributed by atoms with van der Waals surface area (Å²) in [6.45, 7) is 0.834. The molecule has 0 fully saturated rings. The van der Waals surface area contributed by atoms with Gasteiger partial charge < -0.3 is 10.6 Å². The second kappa shape index (κ2) is 7.17. The molecule has 1 heterocycles. The van der Waals surface area contributed by atoms with Crippen molar-refractivity contribution in [1.29, 1.82) is 0 Å². The molecule has 1 aromatic carbocycles. The molecule has 0 aliphatic rings. The summed E-state index contributed by atoms with van der Waals surface area (Å²) in [4.78, 5) is 16.5. The van der Waals surface area contributed by atoms with Gasteiger partial charge in [-0.3, -0.25) is 4.79 Å². The maximum atomic E-state index is 12.4. The molecule has 0 atom stereocenters. The normalized spacial score (nSPS) is 10.3. The Morgan fingerprint density at radius 2 is 2.05 bits per heavy atom. The lowest BCUT2D eigenvalue weighted by molar-refractivity contribution is 0.102. The van der Waals surface area contributed by atoms with E-state index in [0.29, 0.717) is 15.9 Å². The molecule has 0 bridgehead atoms. The number of benzene rings is 1. The van der Waals surface area contributed by atoms with Gasteiger partial charge in [-0.25, -0.2) is 4.98 Å². The number of carbonyl (C=O) groups is 1. The van der Waals surface area contributed by atoms with Crippen molar-refractivity contribution in [2.24, 2.45) is 0 Å². The van der Waals surface area contributed by atoms with Gasteiger partial charge in [-0.15, -0.1) is 0 Å². The molecule has 0 saturated heterocycles. The minimum Gasteiger partial charge on any atom is -0.320 e. The third-order valence-corrected chi connectivity index (χ3v) is 3.55. The van der Waals surface area contributed by atoms with Crippen LogP contribution >= 0.6 is 15.9 Å². The van der Waals surface area contributed by atoms with E-state index in [1.54, 1.807) is 12.3 Å². The van der Waals surface area contributed by atoms with Crippen molar-refractivity contribution in [2.75, 3.05) is 18.9 Å². The monoisotopic (exact) mass is 333 g/mol. The number of hydrogen-bond acceptors (Lipinski definition) is 3. The van der Waals surface area contributed by atoms with Crippen molar-refractivity contribution in [2.45, 2.75) is 6.42 Å². The van der Waals surface area contributed by atoms with Crippen LogP contribution in [0.1, 0.15) is 15.9 Å². The van der Waals surface area contributed by atoms with Crippen LogP contribution in [-0.2, 0) is 6.42 Å². The number of carbonyl (C=O) groups excluding carboxylic acids is 1. The smallest absolute Gasteiger partial charge is 0.256 e. The first-order valence-electron chi connectivity index (χ1n) is 6.36. The molecule has 2 N–H and O–H groups in total. The van der Waals surface area contributed by atoms with Gasteiger partial charge in [-0.05, 0) is 59.7 Å². The van der Waals surface area contributed by atoms with E-state index < -0.39 is 0 Å². The zero-order valence-electron chi connectivity index (χ0n) is 11.2. The van der Waals surface area contributed by atoms with E-state index in [2.05, 4.69) is 31.5 Å². The first-order chi connectivity index (χ1) is 9.72. The van der Waals surface area contributed by atoms with E-state index in [0.717, 1.165) is 18.5 Å². The average molecular weight is 334 g/mol.